The van der Waals surface area contributed by atoms with Crippen LogP contribution in [0.3, 0.4) is 0 Å². The number of hydrogen-bond acceptors (Lipinski definition) is 3. The Morgan fingerprint density at radius 1 is 1.28 bits per heavy atom. The molecule has 0 fully saturated rings. The van der Waals surface area contributed by atoms with Gasteiger partial charge in [-0.25, -0.2) is 0 Å². The van der Waals surface area contributed by atoms with E-state index in [1.54, 1.807) is 6.26 Å². The maximum Gasteiger partial charge on any atom is 0.119 e. The summed E-state index contributed by atoms with van der Waals surface area (Å²) in [4.78, 5) is 0. The molecule has 0 saturated carbocycles. The van der Waals surface area contributed by atoms with Gasteiger partial charge < -0.3 is 14.9 Å². The first-order valence-electron chi connectivity index (χ1n) is 6.20. The van der Waals surface area contributed by atoms with Gasteiger partial charge >= 0.3 is 0 Å². The SMILES string of the molecule is Cc1cccc(OCC(CN)Cc2ccco2)c1. The highest BCUT2D eigenvalue weighted by Gasteiger charge is 2.10. The molecule has 1 aromatic heterocycles. The van der Waals surface area contributed by atoms with Gasteiger partial charge in [-0.3, -0.25) is 0 Å². The van der Waals surface area contributed by atoms with Crippen molar-refractivity contribution in [1.29, 1.82) is 0 Å². The monoisotopic (exact) mass is 245 g/mol. The van der Waals surface area contributed by atoms with Gasteiger partial charge in [0.2, 0.25) is 0 Å². The molecule has 96 valence electrons. The third-order valence-corrected chi connectivity index (χ3v) is 2.88. The number of hydrogen-bond donors (Lipinski definition) is 1. The van der Waals surface area contributed by atoms with Crippen LogP contribution < -0.4 is 10.5 Å². The van der Waals surface area contributed by atoms with Gasteiger partial charge in [0.1, 0.15) is 11.5 Å². The molecule has 2 N–H and O–H groups in total. The molecular formula is C15H19NO2. The van der Waals surface area contributed by atoms with E-state index in [9.17, 15) is 0 Å². The van der Waals surface area contributed by atoms with Gasteiger partial charge in [0, 0.05) is 12.3 Å². The van der Waals surface area contributed by atoms with Crippen LogP contribution in [-0.2, 0) is 6.42 Å². The lowest BCUT2D eigenvalue weighted by molar-refractivity contribution is 0.245. The molecule has 2 aromatic rings. The molecular weight excluding hydrogens is 226 g/mol. The Morgan fingerprint density at radius 2 is 2.17 bits per heavy atom. The van der Waals surface area contributed by atoms with E-state index in [1.807, 2.05) is 30.3 Å². The van der Waals surface area contributed by atoms with Crippen LogP contribution in [0.15, 0.2) is 47.1 Å². The molecule has 0 spiro atoms. The normalized spacial score (nSPS) is 12.3. The van der Waals surface area contributed by atoms with Gasteiger partial charge in [-0.2, -0.15) is 0 Å². The third kappa shape index (κ3) is 3.64. The molecule has 0 amide bonds. The van der Waals surface area contributed by atoms with Gasteiger partial charge in [0.25, 0.3) is 0 Å². The Kier molecular flexibility index (Phi) is 4.42. The summed E-state index contributed by atoms with van der Waals surface area (Å²) in [6, 6.07) is 11.9. The topological polar surface area (TPSA) is 48.4 Å². The zero-order valence-corrected chi connectivity index (χ0v) is 10.6. The van der Waals surface area contributed by atoms with E-state index in [0.29, 0.717) is 13.2 Å². The molecule has 2 rings (SSSR count). The number of aryl methyl sites for hydroxylation is 1. The smallest absolute Gasteiger partial charge is 0.119 e. The Balaban J connectivity index is 1.87. The highest BCUT2D eigenvalue weighted by Crippen LogP contribution is 2.15. The average molecular weight is 245 g/mol. The Labute approximate surface area is 108 Å². The third-order valence-electron chi connectivity index (χ3n) is 2.88. The number of nitrogens with two attached hydrogens (primary N) is 1. The fourth-order valence-corrected chi connectivity index (χ4v) is 1.84. The summed E-state index contributed by atoms with van der Waals surface area (Å²) in [5.41, 5.74) is 6.96. The summed E-state index contributed by atoms with van der Waals surface area (Å²) in [5, 5.41) is 0. The van der Waals surface area contributed by atoms with Crippen molar-refractivity contribution in [2.24, 2.45) is 11.7 Å². The molecule has 1 atom stereocenters. The Morgan fingerprint density at radius 3 is 2.83 bits per heavy atom. The molecule has 18 heavy (non-hydrogen) atoms. The minimum atomic E-state index is 0.275. The number of ether oxygens (including phenoxy) is 1. The first-order chi connectivity index (χ1) is 8.78. The van der Waals surface area contributed by atoms with Gasteiger partial charge in [-0.05, 0) is 43.3 Å². The molecule has 1 heterocycles. The van der Waals surface area contributed by atoms with E-state index in [-0.39, 0.29) is 5.92 Å². The van der Waals surface area contributed by atoms with E-state index in [2.05, 4.69) is 13.0 Å². The van der Waals surface area contributed by atoms with Crippen molar-refractivity contribution in [2.75, 3.05) is 13.2 Å². The van der Waals surface area contributed by atoms with Crippen molar-refractivity contribution in [3.05, 3.63) is 54.0 Å². The maximum atomic E-state index is 5.77. The summed E-state index contributed by atoms with van der Waals surface area (Å²) < 4.78 is 11.1. The van der Waals surface area contributed by atoms with Crippen LogP contribution in [0.5, 0.6) is 5.75 Å². The Bertz CT molecular complexity index is 465. The fraction of sp³-hybridized carbons (Fsp3) is 0.333. The molecule has 1 aromatic carbocycles. The van der Waals surface area contributed by atoms with E-state index >= 15 is 0 Å². The molecule has 3 nitrogen and oxygen atoms in total. The first-order valence-corrected chi connectivity index (χ1v) is 6.20. The molecule has 0 saturated heterocycles. The lowest BCUT2D eigenvalue weighted by Gasteiger charge is -2.14. The summed E-state index contributed by atoms with van der Waals surface area (Å²) in [6.07, 6.45) is 2.50. The minimum absolute atomic E-state index is 0.275. The van der Waals surface area contributed by atoms with Crippen LogP contribution in [0.1, 0.15) is 11.3 Å². The summed E-state index contributed by atoms with van der Waals surface area (Å²) in [5.74, 6) is 2.13. The van der Waals surface area contributed by atoms with Crippen LogP contribution in [0.25, 0.3) is 0 Å². The van der Waals surface area contributed by atoms with Gasteiger partial charge in [-0.15, -0.1) is 0 Å². The maximum absolute atomic E-state index is 5.77. The van der Waals surface area contributed by atoms with Crippen molar-refractivity contribution >= 4 is 0 Å². The van der Waals surface area contributed by atoms with Crippen LogP contribution in [-0.4, -0.2) is 13.2 Å². The molecule has 3 heteroatoms. The van der Waals surface area contributed by atoms with Gasteiger partial charge in [0.05, 0.1) is 12.9 Å². The van der Waals surface area contributed by atoms with E-state index < -0.39 is 0 Å². The molecule has 1 unspecified atom stereocenters. The van der Waals surface area contributed by atoms with Crippen LogP contribution in [0, 0.1) is 12.8 Å². The summed E-state index contributed by atoms with van der Waals surface area (Å²) in [6.45, 7) is 3.25. The van der Waals surface area contributed by atoms with Crippen molar-refractivity contribution in [2.45, 2.75) is 13.3 Å². The predicted molar refractivity (Wildman–Crippen MR) is 71.6 cm³/mol. The standard InChI is InChI=1S/C15H19NO2/c1-12-4-2-5-14(8-12)18-11-13(10-16)9-15-6-3-7-17-15/h2-8,13H,9-11,16H2,1H3. The lowest BCUT2D eigenvalue weighted by atomic mass is 10.1. The first kappa shape index (κ1) is 12.7. The highest BCUT2D eigenvalue weighted by molar-refractivity contribution is 5.27. The molecule has 0 radical (unpaired) electrons. The van der Waals surface area contributed by atoms with E-state index in [4.69, 9.17) is 14.9 Å². The van der Waals surface area contributed by atoms with Crippen LogP contribution in [0.2, 0.25) is 0 Å². The number of rotatable bonds is 6. The minimum Gasteiger partial charge on any atom is -0.493 e. The van der Waals surface area contributed by atoms with Crippen molar-refractivity contribution in [1.82, 2.24) is 0 Å². The molecule has 0 aliphatic rings. The second kappa shape index (κ2) is 6.26. The van der Waals surface area contributed by atoms with Gasteiger partial charge in [-0.1, -0.05) is 12.1 Å². The number of furan rings is 1. The second-order valence-corrected chi connectivity index (χ2v) is 4.51. The quantitative estimate of drug-likeness (QED) is 0.851. The average Bonchev–Trinajstić information content (AvgIpc) is 2.87. The summed E-state index contributed by atoms with van der Waals surface area (Å²) >= 11 is 0. The van der Waals surface area contributed by atoms with Crippen molar-refractivity contribution in [3.8, 4) is 5.75 Å². The Hall–Kier alpha value is -1.74. The van der Waals surface area contributed by atoms with Crippen molar-refractivity contribution < 1.29 is 9.15 Å². The fourth-order valence-electron chi connectivity index (χ4n) is 1.84. The second-order valence-electron chi connectivity index (χ2n) is 4.51. The zero-order valence-electron chi connectivity index (χ0n) is 10.6. The predicted octanol–water partition coefficient (Wildman–Crippen LogP) is 2.78. The number of benzene rings is 1. The zero-order chi connectivity index (χ0) is 12.8. The largest absolute Gasteiger partial charge is 0.493 e. The van der Waals surface area contributed by atoms with Gasteiger partial charge in [0.15, 0.2) is 0 Å². The molecule has 0 aliphatic carbocycles. The van der Waals surface area contributed by atoms with Crippen molar-refractivity contribution in [3.63, 3.8) is 0 Å². The molecule has 0 bridgehead atoms. The van der Waals surface area contributed by atoms with E-state index in [0.717, 1.165) is 17.9 Å². The lowest BCUT2D eigenvalue weighted by Crippen LogP contribution is -2.23. The van der Waals surface area contributed by atoms with Crippen LogP contribution >= 0.6 is 0 Å². The highest BCUT2D eigenvalue weighted by atomic mass is 16.5. The molecule has 0 aliphatic heterocycles. The van der Waals surface area contributed by atoms with Crippen LogP contribution in [0.4, 0.5) is 0 Å². The summed E-state index contributed by atoms with van der Waals surface area (Å²) in [7, 11) is 0. The van der Waals surface area contributed by atoms with E-state index in [1.165, 1.54) is 5.56 Å².